The third kappa shape index (κ3) is 11.4. The Hall–Kier alpha value is -4.26. The van der Waals surface area contributed by atoms with Gasteiger partial charge >= 0.3 is 41.8 Å². The molecule has 0 N–H and O–H groups in total. The van der Waals surface area contributed by atoms with Crippen molar-refractivity contribution < 1.29 is 80.9 Å². The largest absolute Gasteiger partial charge is 0.463 e. The number of hydrogen-bond acceptors (Lipinski definition) is 18. The van der Waals surface area contributed by atoms with Gasteiger partial charge in [-0.25, -0.2) is 4.79 Å². The lowest BCUT2D eigenvalue weighted by molar-refractivity contribution is -0.291. The van der Waals surface area contributed by atoms with Gasteiger partial charge < -0.3 is 47.4 Å². The van der Waals surface area contributed by atoms with Crippen molar-refractivity contribution in [3.05, 3.63) is 35.9 Å². The Morgan fingerprint density at radius 2 is 1.06 bits per heavy atom. The lowest BCUT2D eigenvalue weighted by Gasteiger charge is -2.46. The maximum Gasteiger partial charge on any atom is 0.338 e. The molecule has 2 heterocycles. The molecule has 2 saturated heterocycles. The summed E-state index contributed by atoms with van der Waals surface area (Å²) in [6.45, 7) is 6.22. The summed E-state index contributed by atoms with van der Waals surface area (Å²) in [7, 11) is 1.26. The number of benzene rings is 1. The highest BCUT2D eigenvalue weighted by Crippen LogP contribution is 2.37. The number of carbonyl (C=O) groups excluding carboxylic acids is 7. The number of ether oxygens (including phenoxy) is 10. The molecular formula is C32H40O17S. The van der Waals surface area contributed by atoms with E-state index in [0.29, 0.717) is 0 Å². The van der Waals surface area contributed by atoms with Crippen LogP contribution in [0.25, 0.3) is 0 Å². The quantitative estimate of drug-likeness (QED) is 0.207. The molecule has 1 aromatic carbocycles. The summed E-state index contributed by atoms with van der Waals surface area (Å²) in [6.07, 6.45) is -12.1. The third-order valence-electron chi connectivity index (χ3n) is 7.05. The normalized spacial score (nSPS) is 29.0. The van der Waals surface area contributed by atoms with Gasteiger partial charge in [0.2, 0.25) is 0 Å². The van der Waals surface area contributed by atoms with Crippen LogP contribution in [0.1, 0.15) is 51.9 Å². The fourth-order valence-corrected chi connectivity index (χ4v) is 6.53. The Morgan fingerprint density at radius 3 is 1.58 bits per heavy atom. The number of rotatable bonds is 13. The van der Waals surface area contributed by atoms with Gasteiger partial charge in [0.05, 0.1) is 5.56 Å². The maximum absolute atomic E-state index is 13.3. The fraction of sp³-hybridized carbons (Fsp3) is 0.594. The molecule has 0 saturated carbocycles. The van der Waals surface area contributed by atoms with E-state index in [2.05, 4.69) is 0 Å². The molecule has 17 nitrogen and oxygen atoms in total. The fourth-order valence-electron chi connectivity index (χ4n) is 5.27. The van der Waals surface area contributed by atoms with E-state index in [-0.39, 0.29) is 11.3 Å². The number of hydrogen-bond donors (Lipinski definition) is 0. The van der Waals surface area contributed by atoms with Gasteiger partial charge in [-0.05, 0) is 12.1 Å². The van der Waals surface area contributed by atoms with E-state index in [1.54, 1.807) is 18.2 Å². The second-order valence-corrected chi connectivity index (χ2v) is 12.2. The molecule has 2 aliphatic rings. The molecule has 276 valence electrons. The minimum Gasteiger partial charge on any atom is -0.463 e. The van der Waals surface area contributed by atoms with Gasteiger partial charge in [0.1, 0.15) is 24.3 Å². The molecule has 2 aliphatic heterocycles. The van der Waals surface area contributed by atoms with Crippen molar-refractivity contribution >= 4 is 53.5 Å². The van der Waals surface area contributed by atoms with Gasteiger partial charge in [-0.15, -0.1) is 11.8 Å². The number of thioether (sulfide) groups is 1. The molecule has 0 unspecified atom stereocenters. The van der Waals surface area contributed by atoms with E-state index in [1.807, 2.05) is 0 Å². The standard InChI is InChI=1S/C32H40O17S/c1-15(33)41-13-22-24(42-16(2)34)27(44-18(4)36)29(46-20(6)38)32(48-22)50-14-23-25(49-30(39)21-11-9-8-10-12-21)26(43-17(3)35)28(45-19(5)37)31(40-7)47-23/h8-12,22-29,31-32H,13-14H2,1-7H3/t22-,23-,24-,25-,26+,27+,28-,29+,31+,32+/m1/s1. The van der Waals surface area contributed by atoms with Gasteiger partial charge in [-0.1, -0.05) is 18.2 Å². The second kappa shape index (κ2) is 18.7. The van der Waals surface area contributed by atoms with Crippen LogP contribution in [0, 0.1) is 0 Å². The van der Waals surface area contributed by atoms with Crippen molar-refractivity contribution in [2.24, 2.45) is 0 Å². The summed E-state index contributed by atoms with van der Waals surface area (Å²) in [5, 5.41) is 0. The zero-order valence-corrected chi connectivity index (χ0v) is 29.2. The Labute approximate surface area is 291 Å². The number of esters is 7. The molecule has 2 fully saturated rings. The van der Waals surface area contributed by atoms with Gasteiger partial charge in [0.15, 0.2) is 42.9 Å². The smallest absolute Gasteiger partial charge is 0.338 e. The van der Waals surface area contributed by atoms with E-state index in [4.69, 9.17) is 47.4 Å². The molecule has 0 spiro atoms. The average Bonchev–Trinajstić information content (AvgIpc) is 3.02. The molecular weight excluding hydrogens is 688 g/mol. The molecule has 1 aromatic rings. The van der Waals surface area contributed by atoms with Crippen molar-refractivity contribution in [1.82, 2.24) is 0 Å². The Morgan fingerprint density at radius 1 is 0.580 bits per heavy atom. The third-order valence-corrected chi connectivity index (χ3v) is 8.28. The molecule has 10 atom stereocenters. The van der Waals surface area contributed by atoms with Gasteiger partial charge in [-0.2, -0.15) is 0 Å². The van der Waals surface area contributed by atoms with Gasteiger partial charge in [0, 0.05) is 54.4 Å². The van der Waals surface area contributed by atoms with Crippen LogP contribution in [-0.2, 0) is 76.1 Å². The summed E-state index contributed by atoms with van der Waals surface area (Å²) in [5.74, 6) is -5.65. The van der Waals surface area contributed by atoms with Crippen LogP contribution in [0.4, 0.5) is 0 Å². The van der Waals surface area contributed by atoms with Crippen LogP contribution >= 0.6 is 11.8 Å². The zero-order chi connectivity index (χ0) is 37.1. The van der Waals surface area contributed by atoms with E-state index in [0.717, 1.165) is 53.3 Å². The first kappa shape index (κ1) is 40.2. The van der Waals surface area contributed by atoms with Crippen LogP contribution in [-0.4, -0.2) is 122 Å². The van der Waals surface area contributed by atoms with Crippen LogP contribution in [0.3, 0.4) is 0 Å². The molecule has 0 amide bonds. The maximum atomic E-state index is 13.3. The highest BCUT2D eigenvalue weighted by molar-refractivity contribution is 7.99. The minimum absolute atomic E-state index is 0.151. The molecule has 18 heteroatoms. The lowest BCUT2D eigenvalue weighted by atomic mass is 9.98. The average molecular weight is 729 g/mol. The van der Waals surface area contributed by atoms with Crippen molar-refractivity contribution in [3.8, 4) is 0 Å². The van der Waals surface area contributed by atoms with E-state index >= 15 is 0 Å². The van der Waals surface area contributed by atoms with Crippen LogP contribution in [0.5, 0.6) is 0 Å². The van der Waals surface area contributed by atoms with Crippen molar-refractivity contribution in [2.75, 3.05) is 19.5 Å². The summed E-state index contributed by atoms with van der Waals surface area (Å²) < 4.78 is 56.1. The van der Waals surface area contributed by atoms with Crippen LogP contribution in [0.2, 0.25) is 0 Å². The topological polar surface area (TPSA) is 212 Å². The minimum atomic E-state index is -1.43. The molecule has 50 heavy (non-hydrogen) atoms. The van der Waals surface area contributed by atoms with Crippen LogP contribution < -0.4 is 0 Å². The molecule has 0 bridgehead atoms. The Balaban J connectivity index is 2.04. The monoisotopic (exact) mass is 728 g/mol. The summed E-state index contributed by atoms with van der Waals surface area (Å²) >= 11 is 0.927. The van der Waals surface area contributed by atoms with Crippen molar-refractivity contribution in [1.29, 1.82) is 0 Å². The highest BCUT2D eigenvalue weighted by Gasteiger charge is 2.55. The number of carbonyl (C=O) groups is 7. The summed E-state index contributed by atoms with van der Waals surface area (Å²) in [6, 6.07) is 7.90. The lowest BCUT2D eigenvalue weighted by Crippen LogP contribution is -2.63. The van der Waals surface area contributed by atoms with E-state index in [9.17, 15) is 33.6 Å². The zero-order valence-electron chi connectivity index (χ0n) is 28.4. The number of methoxy groups -OCH3 is 1. The summed E-state index contributed by atoms with van der Waals surface area (Å²) in [5.41, 5.74) is -1.07. The Kier molecular flexibility index (Phi) is 15.0. The first-order chi connectivity index (χ1) is 23.6. The first-order valence-corrected chi connectivity index (χ1v) is 16.4. The van der Waals surface area contributed by atoms with E-state index in [1.165, 1.54) is 19.2 Å². The van der Waals surface area contributed by atoms with Crippen LogP contribution in [0.15, 0.2) is 30.3 Å². The predicted octanol–water partition coefficient (Wildman–Crippen LogP) is 1.26. The molecule has 3 rings (SSSR count). The van der Waals surface area contributed by atoms with Crippen molar-refractivity contribution in [3.63, 3.8) is 0 Å². The first-order valence-electron chi connectivity index (χ1n) is 15.3. The molecule has 0 aliphatic carbocycles. The SMILES string of the molecule is CO[C@H]1O[C@H](CS[C@@H]2O[C@H](COC(C)=O)[C@@H](OC(C)=O)[C@H](OC(C)=O)[C@@H]2OC(C)=O)[C@@H](OC(=O)c2ccccc2)[C@H](OC(C)=O)[C@H]1OC(C)=O. The van der Waals surface area contributed by atoms with Gasteiger partial charge in [-0.3, -0.25) is 28.8 Å². The molecule has 0 radical (unpaired) electrons. The van der Waals surface area contributed by atoms with Crippen molar-refractivity contribution in [2.45, 2.75) is 102 Å². The van der Waals surface area contributed by atoms with E-state index < -0.39 is 109 Å². The Bertz CT molecular complexity index is 1390. The highest BCUT2D eigenvalue weighted by atomic mass is 32.2. The predicted molar refractivity (Wildman–Crippen MR) is 167 cm³/mol. The summed E-state index contributed by atoms with van der Waals surface area (Å²) in [4.78, 5) is 86.0. The second-order valence-electron chi connectivity index (χ2n) is 11.1. The van der Waals surface area contributed by atoms with Gasteiger partial charge in [0.25, 0.3) is 0 Å². The molecule has 0 aromatic heterocycles.